The van der Waals surface area contributed by atoms with Gasteiger partial charge in [0.2, 0.25) is 5.91 Å². The number of benzene rings is 1. The van der Waals surface area contributed by atoms with Gasteiger partial charge in [0.15, 0.2) is 0 Å². The molecule has 0 unspecified atom stereocenters. The van der Waals surface area contributed by atoms with Crippen LogP contribution in [0.3, 0.4) is 0 Å². The molecule has 0 bridgehead atoms. The van der Waals surface area contributed by atoms with E-state index >= 15 is 0 Å². The molecule has 0 aromatic heterocycles. The summed E-state index contributed by atoms with van der Waals surface area (Å²) in [5.41, 5.74) is 1.08. The Balaban J connectivity index is 2.38. The lowest BCUT2D eigenvalue weighted by atomic mass is 10.1. The number of nitrogens with zero attached hydrogens (tertiary/aromatic N) is 1. The summed E-state index contributed by atoms with van der Waals surface area (Å²) < 4.78 is 0. The van der Waals surface area contributed by atoms with E-state index in [-0.39, 0.29) is 12.5 Å². The average molecular weight is 221 g/mol. The molecular formula is C12H15NO3. The van der Waals surface area contributed by atoms with Gasteiger partial charge in [-0.3, -0.25) is 9.59 Å². The highest BCUT2D eigenvalue weighted by Crippen LogP contribution is 2.03. The standard InChI is InChI=1S/C12H15NO3/c1-13(9-12(15)16)11(14)8-7-10-5-3-2-4-6-10/h2-6H,7-9H2,1H3,(H,15,16). The molecule has 4 heteroatoms. The van der Waals surface area contributed by atoms with E-state index in [4.69, 9.17) is 5.11 Å². The number of hydrogen-bond acceptors (Lipinski definition) is 2. The van der Waals surface area contributed by atoms with Crippen LogP contribution in [0.1, 0.15) is 12.0 Å². The van der Waals surface area contributed by atoms with Crippen molar-refractivity contribution in [1.82, 2.24) is 4.90 Å². The van der Waals surface area contributed by atoms with Crippen LogP contribution in [0, 0.1) is 0 Å². The molecule has 1 amide bonds. The van der Waals surface area contributed by atoms with Gasteiger partial charge >= 0.3 is 5.97 Å². The van der Waals surface area contributed by atoms with E-state index in [1.165, 1.54) is 11.9 Å². The minimum atomic E-state index is -0.990. The van der Waals surface area contributed by atoms with Gasteiger partial charge in [0.25, 0.3) is 0 Å². The normalized spacial score (nSPS) is 9.81. The number of likely N-dealkylation sites (N-methyl/N-ethyl adjacent to an activating group) is 1. The zero-order valence-electron chi connectivity index (χ0n) is 9.22. The zero-order chi connectivity index (χ0) is 12.0. The molecule has 1 aromatic rings. The SMILES string of the molecule is CN(CC(=O)O)C(=O)CCc1ccccc1. The van der Waals surface area contributed by atoms with Crippen molar-refractivity contribution in [3.8, 4) is 0 Å². The van der Waals surface area contributed by atoms with Gasteiger partial charge in [0.1, 0.15) is 6.54 Å². The summed E-state index contributed by atoms with van der Waals surface area (Å²) in [6.07, 6.45) is 0.984. The van der Waals surface area contributed by atoms with Gasteiger partial charge in [0.05, 0.1) is 0 Å². The van der Waals surface area contributed by atoms with Crippen molar-refractivity contribution in [2.45, 2.75) is 12.8 Å². The molecule has 0 heterocycles. The topological polar surface area (TPSA) is 57.6 Å². The fourth-order valence-electron chi connectivity index (χ4n) is 1.38. The Kier molecular flexibility index (Phi) is 4.51. The molecule has 0 aliphatic carbocycles. The number of amides is 1. The number of rotatable bonds is 5. The molecule has 0 saturated carbocycles. The van der Waals surface area contributed by atoms with Crippen LogP contribution in [0.25, 0.3) is 0 Å². The summed E-state index contributed by atoms with van der Waals surface area (Å²) in [6.45, 7) is -0.242. The lowest BCUT2D eigenvalue weighted by molar-refractivity contribution is -0.143. The first kappa shape index (κ1) is 12.2. The Morgan fingerprint density at radius 2 is 1.88 bits per heavy atom. The van der Waals surface area contributed by atoms with E-state index < -0.39 is 5.97 Å². The minimum Gasteiger partial charge on any atom is -0.480 e. The summed E-state index contributed by atoms with van der Waals surface area (Å²) >= 11 is 0. The van der Waals surface area contributed by atoms with Crippen LogP contribution in [0.5, 0.6) is 0 Å². The van der Waals surface area contributed by atoms with E-state index in [1.54, 1.807) is 0 Å². The number of aliphatic carboxylic acids is 1. The number of hydrogen-bond donors (Lipinski definition) is 1. The van der Waals surface area contributed by atoms with Gasteiger partial charge in [-0.25, -0.2) is 0 Å². The van der Waals surface area contributed by atoms with Gasteiger partial charge in [-0.2, -0.15) is 0 Å². The lowest BCUT2D eigenvalue weighted by Crippen LogP contribution is -2.32. The quantitative estimate of drug-likeness (QED) is 0.811. The van der Waals surface area contributed by atoms with Crippen LogP contribution >= 0.6 is 0 Å². The molecule has 0 aliphatic heterocycles. The van der Waals surface area contributed by atoms with E-state index in [1.807, 2.05) is 30.3 Å². The summed E-state index contributed by atoms with van der Waals surface area (Å²) in [7, 11) is 1.50. The fourth-order valence-corrected chi connectivity index (χ4v) is 1.38. The van der Waals surface area contributed by atoms with E-state index in [0.29, 0.717) is 12.8 Å². The maximum Gasteiger partial charge on any atom is 0.323 e. The van der Waals surface area contributed by atoms with Crippen molar-refractivity contribution < 1.29 is 14.7 Å². The highest BCUT2D eigenvalue weighted by atomic mass is 16.4. The third-order valence-electron chi connectivity index (χ3n) is 2.27. The third kappa shape index (κ3) is 4.13. The Morgan fingerprint density at radius 1 is 1.25 bits per heavy atom. The smallest absolute Gasteiger partial charge is 0.323 e. The first-order chi connectivity index (χ1) is 7.59. The minimum absolute atomic E-state index is 0.147. The number of aryl methyl sites for hydroxylation is 1. The predicted molar refractivity (Wildman–Crippen MR) is 60.0 cm³/mol. The summed E-state index contributed by atoms with van der Waals surface area (Å²) in [5.74, 6) is -1.14. The molecular weight excluding hydrogens is 206 g/mol. The van der Waals surface area contributed by atoms with Crippen LogP contribution in [-0.4, -0.2) is 35.5 Å². The second-order valence-corrected chi connectivity index (χ2v) is 3.63. The van der Waals surface area contributed by atoms with Crippen molar-refractivity contribution in [3.05, 3.63) is 35.9 Å². The largest absolute Gasteiger partial charge is 0.480 e. The number of carboxylic acids is 1. The summed E-state index contributed by atoms with van der Waals surface area (Å²) in [4.78, 5) is 23.1. The van der Waals surface area contributed by atoms with Gasteiger partial charge in [-0.05, 0) is 12.0 Å². The van der Waals surface area contributed by atoms with Crippen LogP contribution < -0.4 is 0 Å². The van der Waals surface area contributed by atoms with Crippen molar-refractivity contribution in [3.63, 3.8) is 0 Å². The molecule has 1 aromatic carbocycles. The Labute approximate surface area is 94.5 Å². The summed E-state index contributed by atoms with van der Waals surface area (Å²) in [6, 6.07) is 9.65. The van der Waals surface area contributed by atoms with Gasteiger partial charge in [-0.15, -0.1) is 0 Å². The lowest BCUT2D eigenvalue weighted by Gasteiger charge is -2.14. The highest BCUT2D eigenvalue weighted by Gasteiger charge is 2.11. The first-order valence-electron chi connectivity index (χ1n) is 5.09. The number of carbonyl (C=O) groups excluding carboxylic acids is 1. The molecule has 86 valence electrons. The van der Waals surface area contributed by atoms with E-state index in [0.717, 1.165) is 5.56 Å². The summed E-state index contributed by atoms with van der Waals surface area (Å²) in [5, 5.41) is 8.52. The maximum atomic E-state index is 11.5. The van der Waals surface area contributed by atoms with E-state index in [9.17, 15) is 9.59 Å². The Bertz CT molecular complexity index is 362. The zero-order valence-corrected chi connectivity index (χ0v) is 9.22. The molecule has 1 rings (SSSR count). The molecule has 16 heavy (non-hydrogen) atoms. The Hall–Kier alpha value is -1.84. The van der Waals surface area contributed by atoms with Gasteiger partial charge < -0.3 is 10.0 Å². The molecule has 4 nitrogen and oxygen atoms in total. The molecule has 0 aliphatic rings. The number of carboxylic acid groups (broad SMARTS) is 1. The molecule has 0 fully saturated rings. The molecule has 0 atom stereocenters. The second kappa shape index (κ2) is 5.90. The highest BCUT2D eigenvalue weighted by molar-refractivity contribution is 5.81. The van der Waals surface area contributed by atoms with Crippen LogP contribution in [0.4, 0.5) is 0 Å². The monoisotopic (exact) mass is 221 g/mol. The number of carbonyl (C=O) groups is 2. The van der Waals surface area contributed by atoms with Crippen molar-refractivity contribution >= 4 is 11.9 Å². The van der Waals surface area contributed by atoms with Crippen LogP contribution in [0.15, 0.2) is 30.3 Å². The van der Waals surface area contributed by atoms with E-state index in [2.05, 4.69) is 0 Å². The van der Waals surface area contributed by atoms with Gasteiger partial charge in [0, 0.05) is 13.5 Å². The van der Waals surface area contributed by atoms with Crippen molar-refractivity contribution in [2.75, 3.05) is 13.6 Å². The molecule has 0 radical (unpaired) electrons. The van der Waals surface area contributed by atoms with Crippen molar-refractivity contribution in [1.29, 1.82) is 0 Å². The second-order valence-electron chi connectivity index (χ2n) is 3.63. The van der Waals surface area contributed by atoms with Crippen LogP contribution in [0.2, 0.25) is 0 Å². The third-order valence-corrected chi connectivity index (χ3v) is 2.27. The molecule has 0 saturated heterocycles. The van der Waals surface area contributed by atoms with Gasteiger partial charge in [-0.1, -0.05) is 30.3 Å². The average Bonchev–Trinajstić information content (AvgIpc) is 2.26. The predicted octanol–water partition coefficient (Wildman–Crippen LogP) is 1.16. The Morgan fingerprint density at radius 3 is 2.44 bits per heavy atom. The first-order valence-corrected chi connectivity index (χ1v) is 5.09. The van der Waals surface area contributed by atoms with Crippen molar-refractivity contribution in [2.24, 2.45) is 0 Å². The molecule has 1 N–H and O–H groups in total. The molecule has 0 spiro atoms. The van der Waals surface area contributed by atoms with Crippen LogP contribution in [-0.2, 0) is 16.0 Å². The fraction of sp³-hybridized carbons (Fsp3) is 0.333. The maximum absolute atomic E-state index is 11.5.